The Labute approximate surface area is 192 Å². The van der Waals surface area contributed by atoms with Crippen LogP contribution in [0.2, 0.25) is 0 Å². The van der Waals surface area contributed by atoms with Crippen molar-refractivity contribution in [3.63, 3.8) is 0 Å². The van der Waals surface area contributed by atoms with Crippen molar-refractivity contribution in [1.29, 1.82) is 0 Å². The summed E-state index contributed by atoms with van der Waals surface area (Å²) in [6.45, 7) is 2.21. The molecule has 2 heterocycles. The van der Waals surface area contributed by atoms with Crippen LogP contribution in [-0.2, 0) is 35.9 Å². The molecule has 0 spiro atoms. The number of aromatic nitrogens is 3. The Hall–Kier alpha value is -3.82. The molecule has 0 amide bonds. The third kappa shape index (κ3) is 4.90. The summed E-state index contributed by atoms with van der Waals surface area (Å²) in [6, 6.07) is 11.7. The summed E-state index contributed by atoms with van der Waals surface area (Å²) in [4.78, 5) is 11.8. The molecule has 0 aliphatic rings. The summed E-state index contributed by atoms with van der Waals surface area (Å²) in [7, 11) is 1.64. The van der Waals surface area contributed by atoms with Gasteiger partial charge in [-0.1, -0.05) is 0 Å². The number of hydrogen-bond acceptors (Lipinski definition) is 4. The van der Waals surface area contributed by atoms with Crippen molar-refractivity contribution in [2.75, 3.05) is 6.61 Å². The lowest BCUT2D eigenvalue weighted by Gasteiger charge is -2.09. The number of benzene rings is 2. The average Bonchev–Trinajstić information content (AvgIpc) is 3.35. The highest BCUT2D eigenvalue weighted by Crippen LogP contribution is 2.34. The molecule has 0 saturated carbocycles. The van der Waals surface area contributed by atoms with E-state index < -0.39 is 17.6 Å². The third-order valence-corrected chi connectivity index (χ3v) is 5.28. The van der Waals surface area contributed by atoms with Crippen LogP contribution in [0.1, 0.15) is 18.2 Å². The van der Waals surface area contributed by atoms with Gasteiger partial charge in [-0.25, -0.2) is 4.39 Å². The topological polar surface area (TPSA) is 58.3 Å². The number of carbonyl (C=O) groups excluding carboxylic acids is 1. The first kappa shape index (κ1) is 23.3. The molecule has 0 radical (unpaired) electrons. The second-order valence-corrected chi connectivity index (χ2v) is 7.59. The molecule has 0 aliphatic heterocycles. The normalized spacial score (nSPS) is 11.7. The van der Waals surface area contributed by atoms with E-state index in [-0.39, 0.29) is 30.4 Å². The van der Waals surface area contributed by atoms with Crippen LogP contribution in [0.4, 0.5) is 17.6 Å². The molecule has 0 bridgehead atoms. The molecular formula is C24H21F4N3O3. The molecule has 178 valence electrons. The number of esters is 1. The van der Waals surface area contributed by atoms with Crippen molar-refractivity contribution in [3.8, 4) is 17.0 Å². The first-order valence-electron chi connectivity index (χ1n) is 10.4. The minimum Gasteiger partial charge on any atom is -0.487 e. The van der Waals surface area contributed by atoms with Crippen LogP contribution >= 0.6 is 0 Å². The maximum atomic E-state index is 13.6. The number of nitrogens with zero attached hydrogens (tertiary/aromatic N) is 3. The first-order valence-corrected chi connectivity index (χ1v) is 10.4. The Morgan fingerprint density at radius 2 is 1.88 bits per heavy atom. The van der Waals surface area contributed by atoms with Gasteiger partial charge in [0.15, 0.2) is 0 Å². The summed E-state index contributed by atoms with van der Waals surface area (Å²) >= 11 is 0. The fraction of sp³-hybridized carbons (Fsp3) is 0.250. The van der Waals surface area contributed by atoms with E-state index in [1.54, 1.807) is 42.9 Å². The zero-order valence-electron chi connectivity index (χ0n) is 18.4. The van der Waals surface area contributed by atoms with Gasteiger partial charge in [-0.3, -0.25) is 9.48 Å². The Bertz CT molecular complexity index is 1340. The molecule has 0 atom stereocenters. The molecule has 0 N–H and O–H groups in total. The SMILES string of the molecule is CCOC(=O)Cn1ccc2ccc(OCc3cc(-c4ccc(F)c(C(F)(F)F)c4)nn3C)cc21. The first-order chi connectivity index (χ1) is 16.2. The van der Waals surface area contributed by atoms with Gasteiger partial charge in [0.2, 0.25) is 0 Å². The highest BCUT2D eigenvalue weighted by Gasteiger charge is 2.34. The summed E-state index contributed by atoms with van der Waals surface area (Å²) in [6.07, 6.45) is -3.01. The van der Waals surface area contributed by atoms with Crippen LogP contribution < -0.4 is 4.74 Å². The van der Waals surface area contributed by atoms with Crippen LogP contribution in [0.3, 0.4) is 0 Å². The van der Waals surface area contributed by atoms with Gasteiger partial charge in [0, 0.05) is 24.9 Å². The van der Waals surface area contributed by atoms with Crippen molar-refractivity contribution in [2.24, 2.45) is 7.05 Å². The molecule has 4 aromatic rings. The molecule has 4 rings (SSSR count). The minimum atomic E-state index is -4.80. The van der Waals surface area contributed by atoms with Gasteiger partial charge >= 0.3 is 12.1 Å². The van der Waals surface area contributed by atoms with Crippen LogP contribution in [-0.4, -0.2) is 26.9 Å². The second-order valence-electron chi connectivity index (χ2n) is 7.59. The smallest absolute Gasteiger partial charge is 0.419 e. The molecule has 0 unspecified atom stereocenters. The van der Waals surface area contributed by atoms with E-state index in [0.717, 1.165) is 23.0 Å². The van der Waals surface area contributed by atoms with Gasteiger partial charge in [0.05, 0.1) is 29.1 Å². The Kier molecular flexibility index (Phi) is 6.32. The van der Waals surface area contributed by atoms with Crippen molar-refractivity contribution < 1.29 is 31.8 Å². The van der Waals surface area contributed by atoms with E-state index in [1.807, 2.05) is 12.1 Å². The van der Waals surface area contributed by atoms with Gasteiger partial charge in [0.25, 0.3) is 0 Å². The van der Waals surface area contributed by atoms with E-state index in [9.17, 15) is 22.4 Å². The second kappa shape index (κ2) is 9.20. The molecule has 0 saturated heterocycles. The van der Waals surface area contributed by atoms with E-state index in [0.29, 0.717) is 18.1 Å². The molecular weight excluding hydrogens is 454 g/mol. The molecule has 6 nitrogen and oxygen atoms in total. The van der Waals surface area contributed by atoms with Crippen LogP contribution in [0, 0.1) is 5.82 Å². The van der Waals surface area contributed by atoms with Crippen LogP contribution in [0.25, 0.3) is 22.2 Å². The number of aryl methyl sites for hydroxylation is 1. The summed E-state index contributed by atoms with van der Waals surface area (Å²) < 4.78 is 66.9. The van der Waals surface area contributed by atoms with E-state index in [4.69, 9.17) is 9.47 Å². The molecule has 2 aromatic heterocycles. The Balaban J connectivity index is 1.52. The number of halogens is 4. The van der Waals surface area contributed by atoms with Gasteiger partial charge < -0.3 is 14.0 Å². The number of hydrogen-bond donors (Lipinski definition) is 0. The predicted octanol–water partition coefficient (Wildman–Crippen LogP) is 5.34. The fourth-order valence-corrected chi connectivity index (χ4v) is 3.58. The number of ether oxygens (including phenoxy) is 2. The number of alkyl halides is 3. The van der Waals surface area contributed by atoms with E-state index >= 15 is 0 Å². The Morgan fingerprint density at radius 1 is 1.09 bits per heavy atom. The number of carbonyl (C=O) groups is 1. The predicted molar refractivity (Wildman–Crippen MR) is 117 cm³/mol. The molecule has 34 heavy (non-hydrogen) atoms. The van der Waals surface area contributed by atoms with E-state index in [2.05, 4.69) is 5.10 Å². The summed E-state index contributed by atoms with van der Waals surface area (Å²) in [5, 5.41) is 5.17. The summed E-state index contributed by atoms with van der Waals surface area (Å²) in [5.41, 5.74) is 0.476. The van der Waals surface area contributed by atoms with Gasteiger partial charge in [-0.2, -0.15) is 18.3 Å². The quantitative estimate of drug-likeness (QED) is 0.267. The van der Waals surface area contributed by atoms with Gasteiger partial charge in [-0.05, 0) is 54.8 Å². The molecule has 0 fully saturated rings. The van der Waals surface area contributed by atoms with Gasteiger partial charge in [-0.15, -0.1) is 0 Å². The van der Waals surface area contributed by atoms with Crippen molar-refractivity contribution in [3.05, 3.63) is 71.8 Å². The van der Waals surface area contributed by atoms with Crippen molar-refractivity contribution >= 4 is 16.9 Å². The highest BCUT2D eigenvalue weighted by atomic mass is 19.4. The molecule has 2 aromatic carbocycles. The fourth-order valence-electron chi connectivity index (χ4n) is 3.58. The van der Waals surface area contributed by atoms with Crippen LogP contribution in [0.5, 0.6) is 5.75 Å². The van der Waals surface area contributed by atoms with Gasteiger partial charge in [0.1, 0.15) is 24.7 Å². The lowest BCUT2D eigenvalue weighted by atomic mass is 10.1. The van der Waals surface area contributed by atoms with Crippen LogP contribution in [0.15, 0.2) is 54.7 Å². The summed E-state index contributed by atoms with van der Waals surface area (Å²) in [5.74, 6) is -1.14. The maximum Gasteiger partial charge on any atom is 0.419 e. The van der Waals surface area contributed by atoms with Crippen molar-refractivity contribution in [2.45, 2.75) is 26.3 Å². The highest BCUT2D eigenvalue weighted by molar-refractivity contribution is 5.83. The standard InChI is InChI=1S/C24H21F4N3O3/c1-3-33-23(32)13-31-9-8-15-4-6-18(12-22(15)31)34-14-17-11-21(29-30(17)2)16-5-7-20(25)19(10-16)24(26,27)28/h4-12H,3,13-14H2,1-2H3. The third-order valence-electron chi connectivity index (χ3n) is 5.28. The zero-order valence-corrected chi connectivity index (χ0v) is 18.4. The molecule has 0 aliphatic carbocycles. The monoisotopic (exact) mass is 475 g/mol. The lowest BCUT2D eigenvalue weighted by molar-refractivity contribution is -0.143. The lowest BCUT2D eigenvalue weighted by Crippen LogP contribution is -2.12. The van der Waals surface area contributed by atoms with Crippen molar-refractivity contribution in [1.82, 2.24) is 14.3 Å². The molecule has 10 heteroatoms. The largest absolute Gasteiger partial charge is 0.487 e. The number of rotatable bonds is 7. The number of fused-ring (bicyclic) bond motifs is 1. The average molecular weight is 475 g/mol. The zero-order chi connectivity index (χ0) is 24.5. The van der Waals surface area contributed by atoms with E-state index in [1.165, 1.54) is 10.7 Å². The Morgan fingerprint density at radius 3 is 2.62 bits per heavy atom. The maximum absolute atomic E-state index is 13.6. The minimum absolute atomic E-state index is 0.0729.